The minimum absolute atomic E-state index is 0.0824. The van der Waals surface area contributed by atoms with E-state index in [1.807, 2.05) is 0 Å². The van der Waals surface area contributed by atoms with Crippen LogP contribution in [-0.4, -0.2) is 27.2 Å². The van der Waals surface area contributed by atoms with Crippen molar-refractivity contribution < 1.29 is 4.79 Å². The highest BCUT2D eigenvalue weighted by atomic mass is 16.2. The maximum Gasteiger partial charge on any atom is 0.226 e. The van der Waals surface area contributed by atoms with Crippen LogP contribution in [0.15, 0.2) is 0 Å². The molecule has 1 aliphatic carbocycles. The lowest BCUT2D eigenvalue weighted by molar-refractivity contribution is -0.137. The van der Waals surface area contributed by atoms with Crippen molar-refractivity contribution in [3.63, 3.8) is 0 Å². The van der Waals surface area contributed by atoms with Crippen LogP contribution in [0.3, 0.4) is 0 Å². The largest absolute Gasteiger partial charge is 0.355 e. The highest BCUT2D eigenvalue weighted by Gasteiger charge is 2.43. The van der Waals surface area contributed by atoms with Gasteiger partial charge in [-0.05, 0) is 31.6 Å². The molecule has 1 saturated carbocycles. The molecule has 2 aliphatic rings. The Labute approximate surface area is 126 Å². The summed E-state index contributed by atoms with van der Waals surface area (Å²) in [6, 6.07) is 0. The summed E-state index contributed by atoms with van der Waals surface area (Å²) < 4.78 is 2.21. The van der Waals surface area contributed by atoms with Crippen LogP contribution in [0, 0.1) is 11.3 Å². The Hall–Kier alpha value is -1.39. The summed E-state index contributed by atoms with van der Waals surface area (Å²) in [7, 11) is 0. The first-order chi connectivity index (χ1) is 10.1. The maximum absolute atomic E-state index is 12.5. The lowest BCUT2D eigenvalue weighted by Gasteiger charge is -2.41. The molecular weight excluding hydrogens is 264 g/mol. The van der Waals surface area contributed by atoms with Gasteiger partial charge in [0.1, 0.15) is 11.6 Å². The molecule has 0 saturated heterocycles. The molecule has 0 unspecified atom stereocenters. The quantitative estimate of drug-likeness (QED) is 0.873. The van der Waals surface area contributed by atoms with Gasteiger partial charge in [-0.1, -0.05) is 20.3 Å². The molecule has 5 nitrogen and oxygen atoms in total. The molecule has 116 valence electrons. The van der Waals surface area contributed by atoms with Gasteiger partial charge in [-0.15, -0.1) is 10.2 Å². The van der Waals surface area contributed by atoms with Crippen LogP contribution in [0.4, 0.5) is 0 Å². The van der Waals surface area contributed by atoms with Gasteiger partial charge in [0, 0.05) is 31.3 Å². The standard InChI is InChI=1S/C16H26N4O/c1-12(2)11-16(7-4-8-16)15(21)17-9-6-14-19-18-13-5-3-10-20(13)14/h12H,3-11H2,1-2H3,(H,17,21). The Morgan fingerprint density at radius 2 is 2.14 bits per heavy atom. The van der Waals surface area contributed by atoms with E-state index in [0.717, 1.165) is 50.3 Å². The van der Waals surface area contributed by atoms with E-state index in [9.17, 15) is 4.79 Å². The van der Waals surface area contributed by atoms with Crippen molar-refractivity contribution in [1.82, 2.24) is 20.1 Å². The summed E-state index contributed by atoms with van der Waals surface area (Å²) in [5, 5.41) is 11.6. The Morgan fingerprint density at radius 3 is 2.81 bits per heavy atom. The Balaban J connectivity index is 1.51. The summed E-state index contributed by atoms with van der Waals surface area (Å²) in [6.45, 7) is 6.11. The number of hydrogen-bond acceptors (Lipinski definition) is 3. The molecule has 0 spiro atoms. The molecule has 21 heavy (non-hydrogen) atoms. The van der Waals surface area contributed by atoms with E-state index in [2.05, 4.69) is 33.9 Å². The van der Waals surface area contributed by atoms with Crippen LogP contribution >= 0.6 is 0 Å². The number of aryl methyl sites for hydroxylation is 1. The van der Waals surface area contributed by atoms with Crippen molar-refractivity contribution in [1.29, 1.82) is 0 Å². The fourth-order valence-corrected chi connectivity index (χ4v) is 3.78. The van der Waals surface area contributed by atoms with Gasteiger partial charge in [0.05, 0.1) is 0 Å². The Kier molecular flexibility index (Phi) is 4.00. The summed E-state index contributed by atoms with van der Waals surface area (Å²) in [4.78, 5) is 12.5. The normalized spacial score (nSPS) is 19.4. The number of amides is 1. The zero-order valence-electron chi connectivity index (χ0n) is 13.2. The minimum atomic E-state index is -0.0824. The van der Waals surface area contributed by atoms with Crippen molar-refractivity contribution in [2.24, 2.45) is 11.3 Å². The predicted octanol–water partition coefficient (Wildman–Crippen LogP) is 2.10. The molecule has 3 rings (SSSR count). The zero-order valence-corrected chi connectivity index (χ0v) is 13.2. The van der Waals surface area contributed by atoms with Crippen molar-refractivity contribution >= 4 is 5.91 Å². The van der Waals surface area contributed by atoms with Crippen LogP contribution in [-0.2, 0) is 24.2 Å². The predicted molar refractivity (Wildman–Crippen MR) is 80.8 cm³/mol. The van der Waals surface area contributed by atoms with E-state index >= 15 is 0 Å². The van der Waals surface area contributed by atoms with E-state index in [1.54, 1.807) is 0 Å². The molecule has 1 aliphatic heterocycles. The third kappa shape index (κ3) is 2.83. The second kappa shape index (κ2) is 5.78. The van der Waals surface area contributed by atoms with Crippen molar-refractivity contribution in [2.45, 2.75) is 65.3 Å². The van der Waals surface area contributed by atoms with Crippen LogP contribution in [0.25, 0.3) is 0 Å². The fourth-order valence-electron chi connectivity index (χ4n) is 3.78. The molecule has 1 aromatic rings. The molecule has 1 N–H and O–H groups in total. The van der Waals surface area contributed by atoms with Crippen molar-refractivity contribution in [3.8, 4) is 0 Å². The van der Waals surface area contributed by atoms with Gasteiger partial charge in [-0.25, -0.2) is 0 Å². The van der Waals surface area contributed by atoms with Crippen molar-refractivity contribution in [2.75, 3.05) is 6.54 Å². The average molecular weight is 290 g/mol. The lowest BCUT2D eigenvalue weighted by atomic mass is 9.64. The molecule has 1 amide bonds. The van der Waals surface area contributed by atoms with E-state index in [4.69, 9.17) is 0 Å². The summed E-state index contributed by atoms with van der Waals surface area (Å²) in [5.74, 6) is 2.96. The van der Waals surface area contributed by atoms with Gasteiger partial charge in [0.15, 0.2) is 0 Å². The van der Waals surface area contributed by atoms with Gasteiger partial charge in [-0.3, -0.25) is 4.79 Å². The summed E-state index contributed by atoms with van der Waals surface area (Å²) >= 11 is 0. The van der Waals surface area contributed by atoms with E-state index in [1.165, 1.54) is 12.8 Å². The number of nitrogens with one attached hydrogen (secondary N) is 1. The monoisotopic (exact) mass is 290 g/mol. The minimum Gasteiger partial charge on any atom is -0.355 e. The molecule has 1 aromatic heterocycles. The molecule has 0 atom stereocenters. The second-order valence-corrected chi connectivity index (χ2v) is 7.03. The first-order valence-corrected chi connectivity index (χ1v) is 8.30. The zero-order chi connectivity index (χ0) is 14.9. The van der Waals surface area contributed by atoms with Gasteiger partial charge >= 0.3 is 0 Å². The molecule has 5 heteroatoms. The van der Waals surface area contributed by atoms with Gasteiger partial charge in [0.2, 0.25) is 5.91 Å². The van der Waals surface area contributed by atoms with Gasteiger partial charge in [-0.2, -0.15) is 0 Å². The number of fused-ring (bicyclic) bond motifs is 1. The van der Waals surface area contributed by atoms with Crippen LogP contribution < -0.4 is 5.32 Å². The number of aromatic nitrogens is 3. The first kappa shape index (κ1) is 14.5. The molecule has 0 radical (unpaired) electrons. The summed E-state index contributed by atoms with van der Waals surface area (Å²) in [6.07, 6.45) is 7.31. The molecular formula is C16H26N4O. The van der Waals surface area contributed by atoms with E-state index < -0.39 is 0 Å². The number of carbonyl (C=O) groups is 1. The highest BCUT2D eigenvalue weighted by molar-refractivity contribution is 5.83. The second-order valence-electron chi connectivity index (χ2n) is 7.03. The Morgan fingerprint density at radius 1 is 1.33 bits per heavy atom. The lowest BCUT2D eigenvalue weighted by Crippen LogP contribution is -2.47. The number of nitrogens with zero attached hydrogens (tertiary/aromatic N) is 3. The van der Waals surface area contributed by atoms with Gasteiger partial charge in [0.25, 0.3) is 0 Å². The van der Waals surface area contributed by atoms with Gasteiger partial charge < -0.3 is 9.88 Å². The van der Waals surface area contributed by atoms with Crippen LogP contribution in [0.2, 0.25) is 0 Å². The topological polar surface area (TPSA) is 59.8 Å². The molecule has 0 bridgehead atoms. The smallest absolute Gasteiger partial charge is 0.226 e. The third-order valence-corrected chi connectivity index (χ3v) is 4.91. The van der Waals surface area contributed by atoms with E-state index in [-0.39, 0.29) is 11.3 Å². The molecule has 1 fully saturated rings. The number of rotatable bonds is 6. The SMILES string of the molecule is CC(C)CC1(C(=O)NCCc2nnc3n2CCC3)CCC1. The third-order valence-electron chi connectivity index (χ3n) is 4.91. The van der Waals surface area contributed by atoms with E-state index in [0.29, 0.717) is 12.5 Å². The number of hydrogen-bond donors (Lipinski definition) is 1. The Bertz CT molecular complexity index is 516. The summed E-state index contributed by atoms with van der Waals surface area (Å²) in [5.41, 5.74) is -0.0824. The highest BCUT2D eigenvalue weighted by Crippen LogP contribution is 2.46. The van der Waals surface area contributed by atoms with Crippen LogP contribution in [0.1, 0.15) is 57.6 Å². The average Bonchev–Trinajstić information content (AvgIpc) is 2.97. The van der Waals surface area contributed by atoms with Crippen LogP contribution in [0.5, 0.6) is 0 Å². The molecule has 0 aromatic carbocycles. The maximum atomic E-state index is 12.5. The fraction of sp³-hybridized carbons (Fsp3) is 0.812. The first-order valence-electron chi connectivity index (χ1n) is 8.30. The van der Waals surface area contributed by atoms with Crippen molar-refractivity contribution in [3.05, 3.63) is 11.6 Å². The molecule has 2 heterocycles. The number of carbonyl (C=O) groups excluding carboxylic acids is 1.